The molecule has 0 saturated carbocycles. The molecule has 138 valence electrons. The summed E-state index contributed by atoms with van der Waals surface area (Å²) in [4.78, 5) is 24.3. The van der Waals surface area contributed by atoms with Gasteiger partial charge in [-0.1, -0.05) is 35.9 Å². The fourth-order valence-corrected chi connectivity index (χ4v) is 2.37. The number of carbonyl (C=O) groups is 2. The summed E-state index contributed by atoms with van der Waals surface area (Å²) in [7, 11) is 1.86. The summed E-state index contributed by atoms with van der Waals surface area (Å²) in [6, 6.07) is 5.17. The Hall–Kier alpha value is -2.35. The number of alkyl halides is 3. The molecule has 0 heterocycles. The van der Waals surface area contributed by atoms with E-state index in [1.807, 2.05) is 0 Å². The van der Waals surface area contributed by atoms with Gasteiger partial charge >= 0.3 is 12.1 Å². The number of methoxy groups -OCH3 is 2. The Labute approximate surface area is 143 Å². The molecule has 0 spiro atoms. The quantitative estimate of drug-likeness (QED) is 0.601. The molecule has 0 fully saturated rings. The van der Waals surface area contributed by atoms with Gasteiger partial charge in [0.15, 0.2) is 0 Å². The second kappa shape index (κ2) is 8.15. The molecule has 0 saturated heterocycles. The number of carbonyl (C=O) groups excluding carboxylic acids is 2. The molecule has 5 nitrogen and oxygen atoms in total. The molecule has 1 aromatic carbocycles. The maximum Gasteiger partial charge on any atom is 0.430 e. The van der Waals surface area contributed by atoms with Crippen LogP contribution in [-0.2, 0) is 24.7 Å². The van der Waals surface area contributed by atoms with Gasteiger partial charge in [-0.25, -0.2) is 4.79 Å². The number of nitrogens with one attached hydrogen (secondary N) is 1. The van der Waals surface area contributed by atoms with Crippen molar-refractivity contribution in [2.75, 3.05) is 14.2 Å². The van der Waals surface area contributed by atoms with Gasteiger partial charge in [0.05, 0.1) is 7.11 Å². The lowest BCUT2D eigenvalue weighted by molar-refractivity contribution is -0.266. The number of benzene rings is 1. The van der Waals surface area contributed by atoms with Crippen LogP contribution >= 0.6 is 0 Å². The average Bonchev–Trinajstić information content (AvgIpc) is 2.54. The minimum atomic E-state index is -5.06. The Morgan fingerprint density at radius 2 is 1.76 bits per heavy atom. The lowest BCUT2D eigenvalue weighted by Gasteiger charge is -2.34. The second-order valence-electron chi connectivity index (χ2n) is 5.46. The zero-order chi connectivity index (χ0) is 19.3. The van der Waals surface area contributed by atoms with E-state index >= 15 is 0 Å². The number of amides is 1. The van der Waals surface area contributed by atoms with Gasteiger partial charge in [0.25, 0.3) is 11.5 Å². The predicted octanol–water partition coefficient (Wildman–Crippen LogP) is 2.71. The molecule has 1 rings (SSSR count). The molecule has 0 bridgehead atoms. The van der Waals surface area contributed by atoms with Gasteiger partial charge < -0.3 is 14.8 Å². The average molecular weight is 359 g/mol. The largest absolute Gasteiger partial charge is 0.467 e. The van der Waals surface area contributed by atoms with Crippen molar-refractivity contribution < 1.29 is 32.2 Å². The van der Waals surface area contributed by atoms with Gasteiger partial charge in [0.1, 0.15) is 6.04 Å². The molecule has 0 radical (unpaired) electrons. The summed E-state index contributed by atoms with van der Waals surface area (Å²) < 4.78 is 50.6. The Balaban J connectivity index is 3.33. The number of halogens is 3. The maximum atomic E-state index is 13.8. The first-order chi connectivity index (χ1) is 11.6. The van der Waals surface area contributed by atoms with Gasteiger partial charge in [-0.3, -0.25) is 4.79 Å². The second-order valence-corrected chi connectivity index (χ2v) is 5.46. The first-order valence-electron chi connectivity index (χ1n) is 7.30. The lowest BCUT2D eigenvalue weighted by Crippen LogP contribution is -2.58. The summed E-state index contributed by atoms with van der Waals surface area (Å²) in [5.41, 5.74) is -3.16. The fourth-order valence-electron chi connectivity index (χ4n) is 2.37. The molecule has 25 heavy (non-hydrogen) atoms. The number of hydrogen-bond donors (Lipinski definition) is 1. The Morgan fingerprint density at radius 3 is 2.16 bits per heavy atom. The number of ether oxygens (including phenoxy) is 2. The van der Waals surface area contributed by atoms with Crippen molar-refractivity contribution in [3.63, 3.8) is 0 Å². The lowest BCUT2D eigenvalue weighted by atomic mass is 9.91. The molecule has 1 N–H and O–H groups in total. The Kier molecular flexibility index (Phi) is 6.75. The van der Waals surface area contributed by atoms with Crippen molar-refractivity contribution in [3.8, 4) is 0 Å². The standard InChI is InChI=1S/C17H20F3NO4/c1-11(2)10-13(14(22)24-3)21-15(23)16(25-4,17(18,19)20)12-8-6-5-7-9-12/h5-9,13H,1,10H2,2-4H3,(H,21,23)/t13-,16-/m0/s1. The summed E-state index contributed by atoms with van der Waals surface area (Å²) in [6.45, 7) is 5.17. The van der Waals surface area contributed by atoms with E-state index in [1.165, 1.54) is 18.2 Å². The summed E-state index contributed by atoms with van der Waals surface area (Å²) in [5.74, 6) is -2.39. The van der Waals surface area contributed by atoms with Gasteiger partial charge in [-0.2, -0.15) is 13.2 Å². The minimum absolute atomic E-state index is 0.0646. The van der Waals surface area contributed by atoms with Gasteiger partial charge in [-0.05, 0) is 13.3 Å². The van der Waals surface area contributed by atoms with Crippen LogP contribution in [0.15, 0.2) is 42.5 Å². The molecule has 8 heteroatoms. The molecular formula is C17H20F3NO4. The van der Waals surface area contributed by atoms with Gasteiger partial charge in [0, 0.05) is 12.7 Å². The molecule has 2 atom stereocenters. The van der Waals surface area contributed by atoms with Crippen LogP contribution in [0, 0.1) is 0 Å². The molecule has 0 aliphatic carbocycles. The molecule has 0 unspecified atom stereocenters. The zero-order valence-electron chi connectivity index (χ0n) is 14.1. The SMILES string of the molecule is C=C(C)C[C@H](NC(=O)[C@@](OC)(c1ccccc1)C(F)(F)F)C(=O)OC. The van der Waals surface area contributed by atoms with Crippen LogP contribution in [0.1, 0.15) is 18.9 Å². The Morgan fingerprint density at radius 1 is 1.20 bits per heavy atom. The number of esters is 1. The first kappa shape index (κ1) is 20.7. The molecule has 1 amide bonds. The van der Waals surface area contributed by atoms with Crippen molar-refractivity contribution in [1.29, 1.82) is 0 Å². The third-order valence-electron chi connectivity index (χ3n) is 3.55. The van der Waals surface area contributed by atoms with E-state index < -0.39 is 35.3 Å². The number of rotatable bonds is 7. The van der Waals surface area contributed by atoms with Crippen molar-refractivity contribution in [3.05, 3.63) is 48.0 Å². The van der Waals surface area contributed by atoms with Gasteiger partial charge in [0.2, 0.25) is 0 Å². The summed E-state index contributed by atoms with van der Waals surface area (Å²) in [6.07, 6.45) is -5.12. The predicted molar refractivity (Wildman–Crippen MR) is 84.6 cm³/mol. The van der Waals surface area contributed by atoms with Crippen molar-refractivity contribution in [2.45, 2.75) is 31.2 Å². The Bertz CT molecular complexity index is 631. The monoisotopic (exact) mass is 359 g/mol. The van der Waals surface area contributed by atoms with Crippen LogP contribution < -0.4 is 5.32 Å². The highest BCUT2D eigenvalue weighted by molar-refractivity contribution is 5.91. The topological polar surface area (TPSA) is 64.6 Å². The highest BCUT2D eigenvalue weighted by Gasteiger charge is 2.63. The molecule has 0 aliphatic rings. The van der Waals surface area contributed by atoms with Crippen LogP contribution in [0.2, 0.25) is 0 Å². The molecule has 0 aliphatic heterocycles. The first-order valence-corrected chi connectivity index (χ1v) is 7.30. The van der Waals surface area contributed by atoms with E-state index in [2.05, 4.69) is 21.4 Å². The third kappa shape index (κ3) is 4.39. The van der Waals surface area contributed by atoms with Crippen molar-refractivity contribution in [1.82, 2.24) is 5.32 Å². The van der Waals surface area contributed by atoms with E-state index in [1.54, 1.807) is 6.92 Å². The third-order valence-corrected chi connectivity index (χ3v) is 3.55. The zero-order valence-corrected chi connectivity index (χ0v) is 14.1. The fraction of sp³-hybridized carbons (Fsp3) is 0.412. The molecular weight excluding hydrogens is 339 g/mol. The van der Waals surface area contributed by atoms with E-state index in [0.29, 0.717) is 5.57 Å². The van der Waals surface area contributed by atoms with E-state index in [0.717, 1.165) is 26.4 Å². The van der Waals surface area contributed by atoms with Crippen molar-refractivity contribution >= 4 is 11.9 Å². The van der Waals surface area contributed by atoms with E-state index in [-0.39, 0.29) is 6.42 Å². The molecule has 0 aromatic heterocycles. The van der Waals surface area contributed by atoms with Crippen LogP contribution in [0.4, 0.5) is 13.2 Å². The van der Waals surface area contributed by atoms with Crippen LogP contribution in [0.3, 0.4) is 0 Å². The van der Waals surface area contributed by atoms with E-state index in [4.69, 9.17) is 0 Å². The minimum Gasteiger partial charge on any atom is -0.467 e. The van der Waals surface area contributed by atoms with Crippen LogP contribution in [-0.4, -0.2) is 38.3 Å². The maximum absolute atomic E-state index is 13.8. The number of hydrogen-bond acceptors (Lipinski definition) is 4. The highest BCUT2D eigenvalue weighted by Crippen LogP contribution is 2.42. The summed E-state index contributed by atoms with van der Waals surface area (Å²) >= 11 is 0. The smallest absolute Gasteiger partial charge is 0.430 e. The van der Waals surface area contributed by atoms with Crippen LogP contribution in [0.5, 0.6) is 0 Å². The normalized spacial score (nSPS) is 15.0. The van der Waals surface area contributed by atoms with Crippen molar-refractivity contribution in [2.24, 2.45) is 0 Å². The summed E-state index contributed by atoms with van der Waals surface area (Å²) in [5, 5.41) is 2.08. The highest BCUT2D eigenvalue weighted by atomic mass is 19.4. The van der Waals surface area contributed by atoms with E-state index in [9.17, 15) is 22.8 Å². The molecule has 1 aromatic rings. The van der Waals surface area contributed by atoms with Gasteiger partial charge in [-0.15, -0.1) is 6.58 Å². The van der Waals surface area contributed by atoms with Crippen LogP contribution in [0.25, 0.3) is 0 Å².